The third kappa shape index (κ3) is 1.08. The predicted molar refractivity (Wildman–Crippen MR) is 70.1 cm³/mol. The van der Waals surface area contributed by atoms with Crippen molar-refractivity contribution in [2.45, 2.75) is 14.1 Å². The molecular weight excluding hydrogens is 337 g/mol. The Kier molecular flexibility index (Phi) is 3.06. The summed E-state index contributed by atoms with van der Waals surface area (Å²) in [6.45, 7) is 3.46. The monoisotopic (exact) mass is 340 g/mol. The molecule has 1 fully saturated rings. The van der Waals surface area contributed by atoms with Crippen LogP contribution in [-0.4, -0.2) is 25.8 Å². The molecule has 0 heterocycles. The van der Waals surface area contributed by atoms with Gasteiger partial charge in [0.05, 0.1) is 16.7 Å². The van der Waals surface area contributed by atoms with E-state index in [2.05, 4.69) is 6.58 Å². The average Bonchev–Trinajstić information content (AvgIpc) is 2.40. The second-order valence-corrected chi connectivity index (χ2v) is 7.08. The SMILES string of the molecule is C=C1C(CO)[C@]2(Cl)C(Cl)=C(Cl)[C@@]1(Cl)C2(Cl)Cl. The molecule has 90 valence electrons. The fraction of sp³-hybridized carbons (Fsp3) is 0.556. The van der Waals surface area contributed by atoms with Crippen LogP contribution in [-0.2, 0) is 0 Å². The van der Waals surface area contributed by atoms with Crippen LogP contribution in [0.2, 0.25) is 0 Å². The highest BCUT2D eigenvalue weighted by atomic mass is 35.5. The summed E-state index contributed by atoms with van der Waals surface area (Å²) in [4.78, 5) is -2.87. The van der Waals surface area contributed by atoms with Crippen molar-refractivity contribution in [3.8, 4) is 0 Å². The maximum Gasteiger partial charge on any atom is 0.170 e. The zero-order valence-electron chi connectivity index (χ0n) is 7.71. The van der Waals surface area contributed by atoms with E-state index < -0.39 is 20.0 Å². The lowest BCUT2D eigenvalue weighted by atomic mass is 9.89. The van der Waals surface area contributed by atoms with Gasteiger partial charge in [-0.1, -0.05) is 53.0 Å². The molecule has 1 saturated carbocycles. The molecule has 3 atom stereocenters. The molecule has 2 bridgehead atoms. The zero-order valence-corrected chi connectivity index (χ0v) is 12.2. The van der Waals surface area contributed by atoms with Gasteiger partial charge in [-0.05, 0) is 5.57 Å². The van der Waals surface area contributed by atoms with E-state index in [9.17, 15) is 5.11 Å². The molecule has 7 heteroatoms. The molecule has 0 spiro atoms. The molecule has 0 radical (unpaired) electrons. The topological polar surface area (TPSA) is 20.2 Å². The van der Waals surface area contributed by atoms with Gasteiger partial charge >= 0.3 is 0 Å². The molecule has 1 nitrogen and oxygen atoms in total. The first-order valence-corrected chi connectivity index (χ1v) is 6.56. The molecule has 0 amide bonds. The Hall–Kier alpha value is 1.18. The van der Waals surface area contributed by atoms with E-state index in [4.69, 9.17) is 69.6 Å². The number of halogens is 6. The first kappa shape index (κ1) is 13.6. The van der Waals surface area contributed by atoms with Crippen LogP contribution in [0.15, 0.2) is 22.2 Å². The number of aliphatic hydroxyl groups is 1. The first-order chi connectivity index (χ1) is 7.17. The van der Waals surface area contributed by atoms with Crippen molar-refractivity contribution in [3.63, 3.8) is 0 Å². The van der Waals surface area contributed by atoms with E-state index in [-0.39, 0.29) is 16.7 Å². The third-order valence-electron chi connectivity index (χ3n) is 3.23. The van der Waals surface area contributed by atoms with Crippen molar-refractivity contribution in [2.75, 3.05) is 6.61 Å². The Balaban J connectivity index is 2.78. The van der Waals surface area contributed by atoms with Crippen LogP contribution < -0.4 is 0 Å². The standard InChI is InChI=1S/C9H6Cl6O/c1-3-4(2-16)8(13)6(11)5(10)7(3,12)9(8,14)15/h4,16H,1-2H2/t4?,7-,8+/m1/s1. The number of aliphatic hydroxyl groups excluding tert-OH is 1. The summed E-state index contributed by atoms with van der Waals surface area (Å²) in [6.07, 6.45) is 0. The molecule has 1 N–H and O–H groups in total. The van der Waals surface area contributed by atoms with Gasteiger partial charge in [0.2, 0.25) is 0 Å². The Morgan fingerprint density at radius 2 is 1.62 bits per heavy atom. The number of fused-ring (bicyclic) bond motifs is 2. The van der Waals surface area contributed by atoms with Crippen molar-refractivity contribution < 1.29 is 5.11 Å². The van der Waals surface area contributed by atoms with Crippen molar-refractivity contribution >= 4 is 69.6 Å². The normalized spacial score (nSPS) is 45.7. The van der Waals surface area contributed by atoms with Gasteiger partial charge in [-0.25, -0.2) is 0 Å². The van der Waals surface area contributed by atoms with Crippen LogP contribution in [0.1, 0.15) is 0 Å². The molecule has 0 aliphatic heterocycles. The highest BCUT2D eigenvalue weighted by molar-refractivity contribution is 6.66. The van der Waals surface area contributed by atoms with E-state index >= 15 is 0 Å². The summed E-state index contributed by atoms with van der Waals surface area (Å²) in [5.41, 5.74) is 0.381. The third-order valence-corrected chi connectivity index (χ3v) is 7.48. The summed E-state index contributed by atoms with van der Waals surface area (Å²) in [7, 11) is 0. The summed E-state index contributed by atoms with van der Waals surface area (Å²) in [5.74, 6) is -0.628. The fourth-order valence-corrected chi connectivity index (χ4v) is 5.13. The molecule has 1 unspecified atom stereocenters. The second-order valence-electron chi connectivity index (χ2n) is 3.83. The number of alkyl halides is 4. The van der Waals surface area contributed by atoms with E-state index in [1.807, 2.05) is 0 Å². The van der Waals surface area contributed by atoms with Gasteiger partial charge in [0.1, 0.15) is 9.75 Å². The van der Waals surface area contributed by atoms with E-state index in [0.29, 0.717) is 5.57 Å². The highest BCUT2D eigenvalue weighted by Gasteiger charge is 2.79. The molecule has 2 aliphatic carbocycles. The first-order valence-electron chi connectivity index (χ1n) is 4.29. The Morgan fingerprint density at radius 1 is 1.12 bits per heavy atom. The van der Waals surface area contributed by atoms with Crippen LogP contribution in [0.5, 0.6) is 0 Å². The summed E-state index contributed by atoms with van der Waals surface area (Å²) < 4.78 is -1.64. The van der Waals surface area contributed by atoms with Crippen LogP contribution in [0, 0.1) is 5.92 Å². The van der Waals surface area contributed by atoms with Gasteiger partial charge in [0.25, 0.3) is 0 Å². The Morgan fingerprint density at radius 3 is 2.00 bits per heavy atom. The number of allylic oxidation sites excluding steroid dienone is 2. The number of hydrogen-bond donors (Lipinski definition) is 1. The van der Waals surface area contributed by atoms with E-state index in [1.165, 1.54) is 0 Å². The molecule has 0 aromatic heterocycles. The average molecular weight is 343 g/mol. The van der Waals surface area contributed by atoms with Crippen LogP contribution >= 0.6 is 69.6 Å². The maximum atomic E-state index is 9.33. The fourth-order valence-electron chi connectivity index (χ4n) is 2.27. The maximum absolute atomic E-state index is 9.33. The smallest absolute Gasteiger partial charge is 0.170 e. The van der Waals surface area contributed by atoms with E-state index in [0.717, 1.165) is 0 Å². The quantitative estimate of drug-likeness (QED) is 0.564. The molecule has 16 heavy (non-hydrogen) atoms. The minimum atomic E-state index is -1.64. The largest absolute Gasteiger partial charge is 0.396 e. The van der Waals surface area contributed by atoms with Gasteiger partial charge in [0.15, 0.2) is 4.33 Å². The molecule has 0 saturated heterocycles. The van der Waals surface area contributed by atoms with Crippen LogP contribution in [0.3, 0.4) is 0 Å². The summed E-state index contributed by atoms with van der Waals surface area (Å²) >= 11 is 37.1. The summed E-state index contributed by atoms with van der Waals surface area (Å²) in [5, 5.41) is 9.48. The van der Waals surface area contributed by atoms with Gasteiger partial charge in [-0.3, -0.25) is 0 Å². The van der Waals surface area contributed by atoms with Crippen molar-refractivity contribution in [2.24, 2.45) is 5.92 Å². The highest BCUT2D eigenvalue weighted by Crippen LogP contribution is 2.75. The van der Waals surface area contributed by atoms with Gasteiger partial charge in [-0.15, -0.1) is 23.2 Å². The lowest BCUT2D eigenvalue weighted by molar-refractivity contribution is 0.235. The predicted octanol–water partition coefficient (Wildman–Crippen LogP) is 4.00. The minimum absolute atomic E-state index is 0.0716. The lowest BCUT2D eigenvalue weighted by Crippen LogP contribution is -2.44. The van der Waals surface area contributed by atoms with Crippen molar-refractivity contribution in [1.29, 1.82) is 0 Å². The Labute approximate surface area is 123 Å². The van der Waals surface area contributed by atoms with Crippen LogP contribution in [0.25, 0.3) is 0 Å². The lowest BCUT2D eigenvalue weighted by Gasteiger charge is -2.32. The van der Waals surface area contributed by atoms with Crippen molar-refractivity contribution in [1.82, 2.24) is 0 Å². The summed E-state index contributed by atoms with van der Waals surface area (Å²) in [6, 6.07) is 0. The van der Waals surface area contributed by atoms with Gasteiger partial charge in [0, 0.05) is 5.92 Å². The molecule has 2 rings (SSSR count). The molecular formula is C9H6Cl6O. The molecule has 0 aromatic carbocycles. The van der Waals surface area contributed by atoms with Gasteiger partial charge < -0.3 is 5.11 Å². The van der Waals surface area contributed by atoms with E-state index in [1.54, 1.807) is 0 Å². The Bertz CT molecular complexity index is 416. The second kappa shape index (κ2) is 3.60. The minimum Gasteiger partial charge on any atom is -0.396 e. The zero-order chi connectivity index (χ0) is 12.5. The number of rotatable bonds is 1. The number of hydrogen-bond acceptors (Lipinski definition) is 1. The van der Waals surface area contributed by atoms with Gasteiger partial charge in [-0.2, -0.15) is 0 Å². The molecule has 0 aromatic rings. The molecule has 2 aliphatic rings. The van der Waals surface area contributed by atoms with Crippen molar-refractivity contribution in [3.05, 3.63) is 22.2 Å². The van der Waals surface area contributed by atoms with Crippen LogP contribution in [0.4, 0.5) is 0 Å².